The predicted octanol–water partition coefficient (Wildman–Crippen LogP) is 2.49. The number of rotatable bonds is 7. The lowest BCUT2D eigenvalue weighted by molar-refractivity contribution is -0.140. The second-order valence-corrected chi connectivity index (χ2v) is 6.23. The third kappa shape index (κ3) is 3.31. The number of amides is 1. The summed E-state index contributed by atoms with van der Waals surface area (Å²) in [6.45, 7) is 6.86. The zero-order valence-corrected chi connectivity index (χ0v) is 14.0. The summed E-state index contributed by atoms with van der Waals surface area (Å²) in [7, 11) is 1.86. The number of ether oxygens (including phenoxy) is 1. The number of likely N-dealkylation sites (N-methyl/N-ethyl adjacent to an activating group) is 1. The highest BCUT2D eigenvalue weighted by atomic mass is 32.1. The molecule has 2 N–H and O–H groups in total. The Morgan fingerprint density at radius 3 is 2.30 bits per heavy atom. The van der Waals surface area contributed by atoms with Crippen LogP contribution in [0.3, 0.4) is 0 Å². The van der Waals surface area contributed by atoms with E-state index >= 15 is 0 Å². The number of nitrogens with two attached hydrogens (primary N) is 1. The number of nitrogens with zero attached hydrogens (tertiary/aromatic N) is 1. The van der Waals surface area contributed by atoms with Crippen LogP contribution >= 0.6 is 12.2 Å². The molecular weight excluding hydrogens is 272 g/mol. The number of hydrogen-bond donors (Lipinski definition) is 1. The summed E-state index contributed by atoms with van der Waals surface area (Å²) in [5, 5.41) is 0. The topological polar surface area (TPSA) is 55.6 Å². The monoisotopic (exact) mass is 300 g/mol. The van der Waals surface area contributed by atoms with Crippen molar-refractivity contribution in [1.29, 1.82) is 0 Å². The predicted molar refractivity (Wildman–Crippen MR) is 85.6 cm³/mol. The van der Waals surface area contributed by atoms with E-state index in [1.54, 1.807) is 0 Å². The third-order valence-corrected chi connectivity index (χ3v) is 4.78. The highest BCUT2D eigenvalue weighted by molar-refractivity contribution is 7.80. The lowest BCUT2D eigenvalue weighted by atomic mass is 9.77. The molecule has 1 aliphatic heterocycles. The van der Waals surface area contributed by atoms with Gasteiger partial charge in [-0.25, -0.2) is 0 Å². The Morgan fingerprint density at radius 1 is 1.40 bits per heavy atom. The van der Waals surface area contributed by atoms with Gasteiger partial charge in [0.2, 0.25) is 5.91 Å². The van der Waals surface area contributed by atoms with Crippen molar-refractivity contribution >= 4 is 23.1 Å². The van der Waals surface area contributed by atoms with Crippen LogP contribution in [0.5, 0.6) is 0 Å². The number of carbonyl (C=O) groups is 1. The Hall–Kier alpha value is -0.680. The Bertz CT molecular complexity index is 354. The summed E-state index contributed by atoms with van der Waals surface area (Å²) in [6.07, 6.45) is 4.20. The van der Waals surface area contributed by atoms with E-state index in [1.807, 2.05) is 18.9 Å². The molecule has 0 bridgehead atoms. The first-order chi connectivity index (χ1) is 9.40. The Kier molecular flexibility index (Phi) is 6.40. The first kappa shape index (κ1) is 17.4. The van der Waals surface area contributed by atoms with Gasteiger partial charge >= 0.3 is 0 Å². The molecule has 0 aromatic carbocycles. The molecule has 1 saturated heterocycles. The van der Waals surface area contributed by atoms with Gasteiger partial charge < -0.3 is 15.4 Å². The maximum absolute atomic E-state index is 13.0. The standard InChI is InChI=1S/C15H28N2O2S/c1-5-8-15(9-6-2,13(16)20)14(18)17(4)12-7-10-19-11(12)3/h11-12H,5-10H2,1-4H3,(H2,16,20). The smallest absolute Gasteiger partial charge is 0.235 e. The van der Waals surface area contributed by atoms with Crippen molar-refractivity contribution in [2.24, 2.45) is 11.1 Å². The second-order valence-electron chi connectivity index (χ2n) is 5.79. The van der Waals surface area contributed by atoms with Crippen molar-refractivity contribution in [2.45, 2.75) is 65.0 Å². The van der Waals surface area contributed by atoms with Crippen LogP contribution in [-0.4, -0.2) is 41.6 Å². The van der Waals surface area contributed by atoms with Gasteiger partial charge in [0.05, 0.1) is 22.5 Å². The SMILES string of the molecule is CCCC(CCC)(C(=O)N(C)C1CCOC1C)C(N)=S. The molecule has 0 aromatic rings. The minimum absolute atomic E-state index is 0.0658. The molecule has 1 rings (SSSR count). The maximum Gasteiger partial charge on any atom is 0.235 e. The largest absolute Gasteiger partial charge is 0.392 e. The summed E-state index contributed by atoms with van der Waals surface area (Å²) in [5.41, 5.74) is 5.28. The fourth-order valence-corrected chi connectivity index (χ4v) is 3.55. The van der Waals surface area contributed by atoms with Crippen molar-refractivity contribution in [3.63, 3.8) is 0 Å². The van der Waals surface area contributed by atoms with Crippen LogP contribution in [0.15, 0.2) is 0 Å². The van der Waals surface area contributed by atoms with Crippen LogP contribution in [0.25, 0.3) is 0 Å². The highest BCUT2D eigenvalue weighted by Crippen LogP contribution is 2.34. The summed E-state index contributed by atoms with van der Waals surface area (Å²) < 4.78 is 5.57. The lowest BCUT2D eigenvalue weighted by Gasteiger charge is -2.38. The van der Waals surface area contributed by atoms with E-state index in [4.69, 9.17) is 22.7 Å². The first-order valence-electron chi connectivity index (χ1n) is 7.59. The molecule has 0 saturated carbocycles. The average Bonchev–Trinajstić information content (AvgIpc) is 2.82. The van der Waals surface area contributed by atoms with Crippen LogP contribution in [0.1, 0.15) is 52.9 Å². The molecule has 1 amide bonds. The lowest BCUT2D eigenvalue weighted by Crippen LogP contribution is -2.53. The zero-order chi connectivity index (χ0) is 15.3. The first-order valence-corrected chi connectivity index (χ1v) is 8.00. The Balaban J connectivity index is 2.99. The molecule has 1 aliphatic rings. The molecule has 20 heavy (non-hydrogen) atoms. The molecule has 2 unspecified atom stereocenters. The highest BCUT2D eigenvalue weighted by Gasteiger charge is 2.44. The van der Waals surface area contributed by atoms with Gasteiger partial charge in [-0.1, -0.05) is 38.9 Å². The van der Waals surface area contributed by atoms with E-state index in [0.29, 0.717) is 11.6 Å². The minimum atomic E-state index is -0.685. The van der Waals surface area contributed by atoms with Gasteiger partial charge in [0, 0.05) is 13.7 Å². The van der Waals surface area contributed by atoms with Gasteiger partial charge in [0.1, 0.15) is 0 Å². The van der Waals surface area contributed by atoms with Crippen molar-refractivity contribution in [3.05, 3.63) is 0 Å². The Labute approximate surface area is 128 Å². The van der Waals surface area contributed by atoms with E-state index in [2.05, 4.69) is 13.8 Å². The molecular formula is C15H28N2O2S. The summed E-state index contributed by atoms with van der Waals surface area (Å²) in [4.78, 5) is 15.2. The molecule has 1 heterocycles. The summed E-state index contributed by atoms with van der Waals surface area (Å²) >= 11 is 5.26. The fourth-order valence-electron chi connectivity index (χ4n) is 3.26. The molecule has 5 heteroatoms. The fraction of sp³-hybridized carbons (Fsp3) is 0.867. The van der Waals surface area contributed by atoms with Gasteiger partial charge in [-0.2, -0.15) is 0 Å². The second kappa shape index (κ2) is 7.36. The van der Waals surface area contributed by atoms with Crippen molar-refractivity contribution in [1.82, 2.24) is 4.90 Å². The quantitative estimate of drug-likeness (QED) is 0.734. The molecule has 116 valence electrons. The number of carbonyl (C=O) groups excluding carboxylic acids is 1. The molecule has 0 radical (unpaired) electrons. The Morgan fingerprint density at radius 2 is 1.95 bits per heavy atom. The van der Waals surface area contributed by atoms with Gasteiger partial charge in [0.25, 0.3) is 0 Å². The molecule has 2 atom stereocenters. The van der Waals surface area contributed by atoms with Gasteiger partial charge in [-0.05, 0) is 26.2 Å². The van der Waals surface area contributed by atoms with E-state index in [1.165, 1.54) is 0 Å². The summed E-state index contributed by atoms with van der Waals surface area (Å²) in [5.74, 6) is 0.0658. The van der Waals surface area contributed by atoms with Gasteiger partial charge in [0.15, 0.2) is 0 Å². The van der Waals surface area contributed by atoms with Crippen LogP contribution in [0.4, 0.5) is 0 Å². The van der Waals surface area contributed by atoms with Crippen LogP contribution in [0.2, 0.25) is 0 Å². The normalized spacial score (nSPS) is 22.8. The van der Waals surface area contributed by atoms with E-state index < -0.39 is 5.41 Å². The number of hydrogen-bond acceptors (Lipinski definition) is 3. The molecule has 1 fully saturated rings. The van der Waals surface area contributed by atoms with Crippen molar-refractivity contribution in [3.8, 4) is 0 Å². The third-order valence-electron chi connectivity index (χ3n) is 4.39. The van der Waals surface area contributed by atoms with E-state index in [-0.39, 0.29) is 18.1 Å². The van der Waals surface area contributed by atoms with E-state index in [0.717, 1.165) is 32.1 Å². The van der Waals surface area contributed by atoms with Crippen molar-refractivity contribution < 1.29 is 9.53 Å². The zero-order valence-electron chi connectivity index (χ0n) is 13.1. The summed E-state index contributed by atoms with van der Waals surface area (Å²) in [6, 6.07) is 0.130. The molecule has 0 aliphatic carbocycles. The van der Waals surface area contributed by atoms with Crippen LogP contribution in [0, 0.1) is 5.41 Å². The minimum Gasteiger partial charge on any atom is -0.392 e. The molecule has 0 aromatic heterocycles. The maximum atomic E-state index is 13.0. The van der Waals surface area contributed by atoms with Gasteiger partial charge in [-0.3, -0.25) is 4.79 Å². The van der Waals surface area contributed by atoms with Crippen LogP contribution < -0.4 is 5.73 Å². The van der Waals surface area contributed by atoms with Crippen LogP contribution in [-0.2, 0) is 9.53 Å². The van der Waals surface area contributed by atoms with E-state index in [9.17, 15) is 4.79 Å². The van der Waals surface area contributed by atoms with Crippen molar-refractivity contribution in [2.75, 3.05) is 13.7 Å². The average molecular weight is 300 g/mol. The molecule has 0 spiro atoms. The molecule has 4 nitrogen and oxygen atoms in total. The van der Waals surface area contributed by atoms with Gasteiger partial charge in [-0.15, -0.1) is 0 Å². The number of thiocarbonyl (C=S) groups is 1.